The summed E-state index contributed by atoms with van der Waals surface area (Å²) in [5, 5.41) is 9.60. The minimum Gasteiger partial charge on any atom is -0.284 e. The fraction of sp³-hybridized carbons (Fsp3) is 0.100. The molecule has 18 heavy (non-hydrogen) atoms. The van der Waals surface area contributed by atoms with Gasteiger partial charge in [-0.2, -0.15) is 13.2 Å². The van der Waals surface area contributed by atoms with Crippen LogP contribution in [0, 0.1) is 0 Å². The van der Waals surface area contributed by atoms with Gasteiger partial charge in [-0.1, -0.05) is 34.8 Å². The highest BCUT2D eigenvalue weighted by Gasteiger charge is 2.44. The van der Waals surface area contributed by atoms with Gasteiger partial charge in [0.15, 0.2) is 0 Å². The van der Waals surface area contributed by atoms with Crippen molar-refractivity contribution in [2.24, 2.45) is 0 Å². The van der Waals surface area contributed by atoms with Gasteiger partial charge in [-0.3, -0.25) is 5.21 Å². The van der Waals surface area contributed by atoms with E-state index in [2.05, 4.69) is 0 Å². The maximum atomic E-state index is 12.7. The van der Waals surface area contributed by atoms with Crippen LogP contribution in [-0.4, -0.2) is 5.21 Å². The molecule has 1 heterocycles. The third-order valence-corrected chi connectivity index (χ3v) is 3.10. The molecule has 0 bridgehead atoms. The third kappa shape index (κ3) is 2.18. The van der Waals surface area contributed by atoms with Crippen LogP contribution in [0.5, 0.6) is 0 Å². The van der Waals surface area contributed by atoms with Crippen LogP contribution in [0.4, 0.5) is 13.2 Å². The molecule has 1 aromatic carbocycles. The summed E-state index contributed by atoms with van der Waals surface area (Å²) in [5.41, 5.74) is -1.52. The molecule has 0 unspecified atom stereocenters. The lowest BCUT2D eigenvalue weighted by molar-refractivity contribution is -0.895. The van der Waals surface area contributed by atoms with Crippen LogP contribution >= 0.6 is 34.8 Å². The fourth-order valence-corrected chi connectivity index (χ4v) is 2.48. The molecule has 0 aliphatic rings. The van der Waals surface area contributed by atoms with Gasteiger partial charge < -0.3 is 0 Å². The van der Waals surface area contributed by atoms with E-state index >= 15 is 0 Å². The molecule has 0 atom stereocenters. The summed E-state index contributed by atoms with van der Waals surface area (Å²) < 4.78 is 37.9. The Labute approximate surface area is 114 Å². The largest absolute Gasteiger partial charge is 0.482 e. The summed E-state index contributed by atoms with van der Waals surface area (Å²) in [5.74, 6) is 0. The number of halogens is 6. The van der Waals surface area contributed by atoms with Crippen LogP contribution in [0.25, 0.3) is 10.9 Å². The van der Waals surface area contributed by atoms with Gasteiger partial charge in [0.1, 0.15) is 0 Å². The molecule has 0 aliphatic heterocycles. The van der Waals surface area contributed by atoms with E-state index in [1.165, 1.54) is 6.07 Å². The number of rotatable bonds is 0. The van der Waals surface area contributed by atoms with Gasteiger partial charge in [0.25, 0.3) is 5.52 Å². The summed E-state index contributed by atoms with van der Waals surface area (Å²) in [6, 6.07) is 3.07. The van der Waals surface area contributed by atoms with Crippen molar-refractivity contribution in [2.45, 2.75) is 6.18 Å². The van der Waals surface area contributed by atoms with Crippen LogP contribution in [0.3, 0.4) is 0 Å². The molecular weight excluding hydrogens is 313 g/mol. The molecule has 0 saturated heterocycles. The van der Waals surface area contributed by atoms with Crippen LogP contribution in [0.1, 0.15) is 5.69 Å². The van der Waals surface area contributed by atoms with E-state index in [4.69, 9.17) is 34.8 Å². The molecule has 0 radical (unpaired) electrons. The number of nitrogens with zero attached hydrogens (tertiary/aromatic N) is 1. The summed E-state index contributed by atoms with van der Waals surface area (Å²) in [6.07, 6.45) is -4.75. The maximum Gasteiger partial charge on any atom is 0.482 e. The van der Waals surface area contributed by atoms with Gasteiger partial charge >= 0.3 is 11.9 Å². The smallest absolute Gasteiger partial charge is 0.284 e. The molecule has 2 nitrogen and oxygen atoms in total. The van der Waals surface area contributed by atoms with Crippen molar-refractivity contribution in [3.05, 3.63) is 39.0 Å². The molecular formula is C10H4Cl3F3NO+. The minimum absolute atomic E-state index is 0.0288. The van der Waals surface area contributed by atoms with Gasteiger partial charge in [-0.25, -0.2) is 0 Å². The topological polar surface area (TPSA) is 24.1 Å². The number of benzene rings is 1. The van der Waals surface area contributed by atoms with Gasteiger partial charge in [-0.05, 0) is 6.07 Å². The molecule has 0 aliphatic carbocycles. The van der Waals surface area contributed by atoms with Crippen molar-refractivity contribution in [1.29, 1.82) is 0 Å². The van der Waals surface area contributed by atoms with Crippen LogP contribution in [0.15, 0.2) is 18.2 Å². The van der Waals surface area contributed by atoms with Gasteiger partial charge in [0, 0.05) is 21.9 Å². The van der Waals surface area contributed by atoms with E-state index in [9.17, 15) is 18.4 Å². The first kappa shape index (κ1) is 13.5. The Balaban J connectivity index is 2.95. The lowest BCUT2D eigenvalue weighted by Crippen LogP contribution is -2.40. The summed E-state index contributed by atoms with van der Waals surface area (Å²) in [4.78, 5) is 0. The standard InChI is InChI=1S/C10H4Cl3F3NO/c11-4-1-5(12)9-6(13)3-8(10(14,15)16)17(18)7(9)2-4/h1-3,18H/q+1. The summed E-state index contributed by atoms with van der Waals surface area (Å²) in [7, 11) is 0. The van der Waals surface area contributed by atoms with Crippen LogP contribution in [-0.2, 0) is 6.18 Å². The van der Waals surface area contributed by atoms with E-state index in [-0.39, 0.29) is 30.7 Å². The van der Waals surface area contributed by atoms with Crippen molar-refractivity contribution in [2.75, 3.05) is 0 Å². The third-order valence-electron chi connectivity index (χ3n) is 2.28. The molecule has 0 saturated carbocycles. The number of hydrogen-bond acceptors (Lipinski definition) is 1. The number of aromatic nitrogens is 1. The fourth-order valence-electron chi connectivity index (χ4n) is 1.55. The Morgan fingerprint density at radius 2 is 1.56 bits per heavy atom. The second kappa shape index (κ2) is 4.33. The van der Waals surface area contributed by atoms with E-state index in [1.807, 2.05) is 0 Å². The summed E-state index contributed by atoms with van der Waals surface area (Å²) in [6.45, 7) is 0. The van der Waals surface area contributed by atoms with Crippen molar-refractivity contribution in [3.8, 4) is 0 Å². The highest BCUT2D eigenvalue weighted by Crippen LogP contribution is 2.35. The first-order valence-corrected chi connectivity index (χ1v) is 5.65. The van der Waals surface area contributed by atoms with Crippen LogP contribution < -0.4 is 4.73 Å². The zero-order valence-corrected chi connectivity index (χ0v) is 10.7. The molecule has 96 valence electrons. The van der Waals surface area contributed by atoms with Gasteiger partial charge in [0.2, 0.25) is 0 Å². The predicted octanol–water partition coefficient (Wildman–Crippen LogP) is 4.34. The Morgan fingerprint density at radius 1 is 1.00 bits per heavy atom. The maximum absolute atomic E-state index is 12.7. The molecule has 2 rings (SSSR count). The number of alkyl halides is 3. The first-order chi connectivity index (χ1) is 8.21. The van der Waals surface area contributed by atoms with E-state index < -0.39 is 11.9 Å². The molecule has 1 aromatic heterocycles. The van der Waals surface area contributed by atoms with E-state index in [1.54, 1.807) is 0 Å². The van der Waals surface area contributed by atoms with Crippen molar-refractivity contribution in [3.63, 3.8) is 0 Å². The normalized spacial score (nSPS) is 12.1. The first-order valence-electron chi connectivity index (χ1n) is 4.51. The Bertz CT molecular complexity index is 643. The molecule has 1 N–H and O–H groups in total. The average molecular weight is 318 g/mol. The van der Waals surface area contributed by atoms with Crippen LogP contribution in [0.2, 0.25) is 15.1 Å². The molecule has 0 fully saturated rings. The van der Waals surface area contributed by atoms with E-state index in [0.717, 1.165) is 6.07 Å². The number of fused-ring (bicyclic) bond motifs is 1. The SMILES string of the molecule is O[n+]1c(C(F)(F)F)cc(Cl)c2c(Cl)cc(Cl)cc21. The molecule has 8 heteroatoms. The lowest BCUT2D eigenvalue weighted by Gasteiger charge is -2.06. The zero-order valence-electron chi connectivity index (χ0n) is 8.39. The Kier molecular flexibility index (Phi) is 3.25. The zero-order chi connectivity index (χ0) is 13.7. The monoisotopic (exact) mass is 316 g/mol. The van der Waals surface area contributed by atoms with E-state index in [0.29, 0.717) is 6.07 Å². The molecule has 2 aromatic rings. The molecule has 0 amide bonds. The van der Waals surface area contributed by atoms with Gasteiger partial charge in [0.05, 0.1) is 15.4 Å². The highest BCUT2D eigenvalue weighted by atomic mass is 35.5. The van der Waals surface area contributed by atoms with Crippen molar-refractivity contribution >= 4 is 45.7 Å². The summed E-state index contributed by atoms with van der Waals surface area (Å²) >= 11 is 17.3. The predicted molar refractivity (Wildman–Crippen MR) is 61.4 cm³/mol. The van der Waals surface area contributed by atoms with Gasteiger partial charge in [-0.15, -0.1) is 0 Å². The second-order valence-corrected chi connectivity index (χ2v) is 4.72. The van der Waals surface area contributed by atoms with Crippen molar-refractivity contribution in [1.82, 2.24) is 0 Å². The second-order valence-electron chi connectivity index (χ2n) is 3.47. The highest BCUT2D eigenvalue weighted by molar-refractivity contribution is 6.43. The Morgan fingerprint density at radius 3 is 2.11 bits per heavy atom. The van der Waals surface area contributed by atoms with Crippen molar-refractivity contribution < 1.29 is 23.1 Å². The number of pyridine rings is 1. The average Bonchev–Trinajstić information content (AvgIpc) is 2.20. The molecule has 0 spiro atoms. The lowest BCUT2D eigenvalue weighted by atomic mass is 10.2. The number of hydrogen-bond donors (Lipinski definition) is 1. The quantitative estimate of drug-likeness (QED) is 0.567. The minimum atomic E-state index is -4.75. The Hall–Kier alpha value is -0.910.